The van der Waals surface area contributed by atoms with Crippen molar-refractivity contribution in [2.75, 3.05) is 0 Å². The van der Waals surface area contributed by atoms with Gasteiger partial charge in [-0.3, -0.25) is 0 Å². The molecule has 1 N–H and O–H groups in total. The molecular weight excluding hydrogens is 172 g/mol. The van der Waals surface area contributed by atoms with E-state index < -0.39 is 0 Å². The molecule has 1 rings (SSSR count). The van der Waals surface area contributed by atoms with Gasteiger partial charge < -0.3 is 5.11 Å². The zero-order chi connectivity index (χ0) is 10.6. The Hall–Kier alpha value is -0.820. The summed E-state index contributed by atoms with van der Waals surface area (Å²) in [6, 6.07) is 8.19. The lowest BCUT2D eigenvalue weighted by Crippen LogP contribution is -2.02. The Kier molecular flexibility index (Phi) is 4.15. The van der Waals surface area contributed by atoms with Crippen LogP contribution in [0.2, 0.25) is 0 Å². The van der Waals surface area contributed by atoms with Crippen LogP contribution in [0.1, 0.15) is 56.8 Å². The average Bonchev–Trinajstić information content (AvgIpc) is 2.18. The maximum absolute atomic E-state index is 9.95. The Morgan fingerprint density at radius 2 is 1.71 bits per heavy atom. The van der Waals surface area contributed by atoms with Gasteiger partial charge in [-0.1, -0.05) is 51.5 Å². The fourth-order valence-electron chi connectivity index (χ4n) is 1.77. The third kappa shape index (κ3) is 2.58. The fourth-order valence-corrected chi connectivity index (χ4v) is 1.77. The zero-order valence-electron chi connectivity index (χ0n) is 9.33. The maximum atomic E-state index is 9.95. The molecule has 78 valence electrons. The van der Waals surface area contributed by atoms with Crippen molar-refractivity contribution in [1.82, 2.24) is 0 Å². The summed E-state index contributed by atoms with van der Waals surface area (Å²) >= 11 is 0. The summed E-state index contributed by atoms with van der Waals surface area (Å²) in [5, 5.41) is 9.95. The van der Waals surface area contributed by atoms with Crippen LogP contribution in [-0.4, -0.2) is 5.11 Å². The third-order valence-electron chi connectivity index (χ3n) is 2.54. The van der Waals surface area contributed by atoms with E-state index in [0.29, 0.717) is 5.92 Å². The van der Waals surface area contributed by atoms with Gasteiger partial charge in [0.1, 0.15) is 0 Å². The second kappa shape index (κ2) is 5.16. The fraction of sp³-hybridized carbons (Fsp3) is 0.538. The second-order valence-corrected chi connectivity index (χ2v) is 4.09. The van der Waals surface area contributed by atoms with E-state index in [2.05, 4.69) is 26.8 Å². The van der Waals surface area contributed by atoms with Crippen LogP contribution >= 0.6 is 0 Å². The first-order chi connectivity index (χ1) is 6.66. The first-order valence-electron chi connectivity index (χ1n) is 5.43. The molecule has 0 unspecified atom stereocenters. The molecule has 1 aromatic carbocycles. The van der Waals surface area contributed by atoms with Gasteiger partial charge in [0.15, 0.2) is 0 Å². The molecule has 0 aliphatic rings. The van der Waals surface area contributed by atoms with E-state index in [0.717, 1.165) is 18.4 Å². The van der Waals surface area contributed by atoms with Gasteiger partial charge in [0.2, 0.25) is 0 Å². The molecule has 0 spiro atoms. The zero-order valence-corrected chi connectivity index (χ0v) is 9.33. The molecule has 0 aliphatic carbocycles. The Bertz CT molecular complexity index is 278. The number of aliphatic hydroxyl groups excluding tert-OH is 1. The smallest absolute Gasteiger partial charge is 0.0792 e. The highest BCUT2D eigenvalue weighted by atomic mass is 16.3. The van der Waals surface area contributed by atoms with Crippen LogP contribution in [0.5, 0.6) is 0 Å². The van der Waals surface area contributed by atoms with Crippen LogP contribution in [-0.2, 0) is 0 Å². The van der Waals surface area contributed by atoms with Gasteiger partial charge >= 0.3 is 0 Å². The van der Waals surface area contributed by atoms with Gasteiger partial charge in [-0.2, -0.15) is 0 Å². The van der Waals surface area contributed by atoms with Crippen molar-refractivity contribution in [3.05, 3.63) is 35.4 Å². The molecule has 0 bridgehead atoms. The molecule has 0 aromatic heterocycles. The van der Waals surface area contributed by atoms with E-state index >= 15 is 0 Å². The lowest BCUT2D eigenvalue weighted by molar-refractivity contribution is 0.165. The second-order valence-electron chi connectivity index (χ2n) is 4.09. The minimum atomic E-state index is -0.293. The van der Waals surface area contributed by atoms with Crippen molar-refractivity contribution in [2.45, 2.75) is 45.6 Å². The number of aliphatic hydroxyl groups is 1. The molecule has 0 heterocycles. The van der Waals surface area contributed by atoms with E-state index in [9.17, 15) is 5.11 Å². The first-order valence-corrected chi connectivity index (χ1v) is 5.43. The molecule has 0 saturated heterocycles. The molecule has 14 heavy (non-hydrogen) atoms. The first kappa shape index (κ1) is 11.3. The lowest BCUT2D eigenvalue weighted by atomic mass is 9.92. The van der Waals surface area contributed by atoms with Gasteiger partial charge in [0, 0.05) is 0 Å². The molecule has 1 nitrogen and oxygen atoms in total. The quantitative estimate of drug-likeness (QED) is 0.772. The molecule has 1 heteroatoms. The monoisotopic (exact) mass is 192 g/mol. The molecule has 1 aromatic rings. The van der Waals surface area contributed by atoms with E-state index in [1.54, 1.807) is 0 Å². The average molecular weight is 192 g/mol. The Labute approximate surface area is 86.8 Å². The SMILES string of the molecule is CCC[C@@H](O)c1ccccc1C(C)C. The molecule has 0 radical (unpaired) electrons. The number of benzene rings is 1. The van der Waals surface area contributed by atoms with E-state index in [1.165, 1.54) is 5.56 Å². The summed E-state index contributed by atoms with van der Waals surface area (Å²) in [5.74, 6) is 0.484. The van der Waals surface area contributed by atoms with Crippen LogP contribution in [0, 0.1) is 0 Å². The van der Waals surface area contributed by atoms with Crippen LogP contribution in [0.15, 0.2) is 24.3 Å². The van der Waals surface area contributed by atoms with Crippen LogP contribution in [0.25, 0.3) is 0 Å². The van der Waals surface area contributed by atoms with Crippen molar-refractivity contribution in [3.63, 3.8) is 0 Å². The largest absolute Gasteiger partial charge is 0.388 e. The number of hydrogen-bond acceptors (Lipinski definition) is 1. The Morgan fingerprint density at radius 3 is 2.21 bits per heavy atom. The van der Waals surface area contributed by atoms with Crippen molar-refractivity contribution in [2.24, 2.45) is 0 Å². The molecule has 0 amide bonds. The third-order valence-corrected chi connectivity index (χ3v) is 2.54. The predicted octanol–water partition coefficient (Wildman–Crippen LogP) is 3.64. The topological polar surface area (TPSA) is 20.2 Å². The number of rotatable bonds is 4. The van der Waals surface area contributed by atoms with E-state index in [-0.39, 0.29) is 6.10 Å². The van der Waals surface area contributed by atoms with Gasteiger partial charge in [-0.25, -0.2) is 0 Å². The minimum Gasteiger partial charge on any atom is -0.388 e. The molecule has 0 fully saturated rings. The Balaban J connectivity index is 2.94. The summed E-state index contributed by atoms with van der Waals surface area (Å²) in [4.78, 5) is 0. The lowest BCUT2D eigenvalue weighted by Gasteiger charge is -2.17. The standard InChI is InChI=1S/C13H20O/c1-4-7-13(14)12-9-6-5-8-11(12)10(2)3/h5-6,8-10,13-14H,4,7H2,1-3H3/t13-/m1/s1. The number of hydrogen-bond donors (Lipinski definition) is 1. The highest BCUT2D eigenvalue weighted by Crippen LogP contribution is 2.27. The molecule has 0 saturated carbocycles. The van der Waals surface area contributed by atoms with Crippen LogP contribution < -0.4 is 0 Å². The van der Waals surface area contributed by atoms with Crippen LogP contribution in [0.4, 0.5) is 0 Å². The summed E-state index contributed by atoms with van der Waals surface area (Å²) in [7, 11) is 0. The van der Waals surface area contributed by atoms with Gasteiger partial charge in [0.05, 0.1) is 6.10 Å². The Morgan fingerprint density at radius 1 is 1.14 bits per heavy atom. The molecular formula is C13H20O. The highest BCUT2D eigenvalue weighted by Gasteiger charge is 2.12. The van der Waals surface area contributed by atoms with E-state index in [4.69, 9.17) is 0 Å². The van der Waals surface area contributed by atoms with Gasteiger partial charge in [-0.05, 0) is 23.5 Å². The molecule has 1 atom stereocenters. The van der Waals surface area contributed by atoms with Crippen molar-refractivity contribution >= 4 is 0 Å². The van der Waals surface area contributed by atoms with Gasteiger partial charge in [0.25, 0.3) is 0 Å². The summed E-state index contributed by atoms with van der Waals surface area (Å²) in [5.41, 5.74) is 2.37. The minimum absolute atomic E-state index is 0.293. The summed E-state index contributed by atoms with van der Waals surface area (Å²) in [6.45, 7) is 6.43. The van der Waals surface area contributed by atoms with Crippen molar-refractivity contribution in [3.8, 4) is 0 Å². The van der Waals surface area contributed by atoms with Crippen molar-refractivity contribution in [1.29, 1.82) is 0 Å². The predicted molar refractivity (Wildman–Crippen MR) is 60.4 cm³/mol. The maximum Gasteiger partial charge on any atom is 0.0792 e. The van der Waals surface area contributed by atoms with Crippen LogP contribution in [0.3, 0.4) is 0 Å². The van der Waals surface area contributed by atoms with Crippen molar-refractivity contribution < 1.29 is 5.11 Å². The van der Waals surface area contributed by atoms with Gasteiger partial charge in [-0.15, -0.1) is 0 Å². The molecule has 0 aliphatic heterocycles. The summed E-state index contributed by atoms with van der Waals surface area (Å²) in [6.07, 6.45) is 1.58. The summed E-state index contributed by atoms with van der Waals surface area (Å²) < 4.78 is 0. The normalized spacial score (nSPS) is 13.2. The highest BCUT2D eigenvalue weighted by molar-refractivity contribution is 5.31. The van der Waals surface area contributed by atoms with E-state index in [1.807, 2.05) is 18.2 Å².